The molecular weight excluding hydrogens is 693 g/mol. The third-order valence-electron chi connectivity index (χ3n) is 8.64. The molecule has 0 bridgehead atoms. The monoisotopic (exact) mass is 732 g/mol. The van der Waals surface area contributed by atoms with Crippen LogP contribution in [-0.2, 0) is 45.1 Å². The van der Waals surface area contributed by atoms with Crippen molar-refractivity contribution in [3.8, 4) is 0 Å². The number of fused-ring (bicyclic) bond motifs is 2. The summed E-state index contributed by atoms with van der Waals surface area (Å²) in [5.41, 5.74) is 5.10. The molecule has 10 nitrogen and oxygen atoms in total. The van der Waals surface area contributed by atoms with Gasteiger partial charge in [0.15, 0.2) is 9.74 Å². The molecule has 0 spiro atoms. The number of hydrogen-bond acceptors (Lipinski definition) is 6. The van der Waals surface area contributed by atoms with Crippen LogP contribution in [0.3, 0.4) is 0 Å². The van der Waals surface area contributed by atoms with E-state index in [1.165, 1.54) is 13.8 Å². The van der Waals surface area contributed by atoms with E-state index in [0.717, 1.165) is 65.6 Å². The van der Waals surface area contributed by atoms with Crippen molar-refractivity contribution < 1.29 is 19.2 Å². The fourth-order valence-electron chi connectivity index (χ4n) is 6.18. The largest absolute Gasteiger partial charge is 0.361 e. The van der Waals surface area contributed by atoms with Gasteiger partial charge < -0.3 is 31.2 Å². The predicted molar refractivity (Wildman–Crippen MR) is 209 cm³/mol. The SMILES string of the molecule is CC(=O)NC(Cc1c[nH]c2ccccc12)(SSC(Cc1c[nH]c2ccccc12)(NC(C)=O)C(=O)NCc1ccccc1)C(=O)NCc1ccccc1. The quantitative estimate of drug-likeness (QED) is 0.0555. The molecule has 266 valence electrons. The first-order valence-electron chi connectivity index (χ1n) is 16.9. The normalized spacial score (nSPS) is 13.5. The number of carbonyl (C=O) groups is 4. The molecule has 2 atom stereocenters. The van der Waals surface area contributed by atoms with Gasteiger partial charge in [-0.05, 0) is 34.4 Å². The van der Waals surface area contributed by atoms with Crippen molar-refractivity contribution in [2.45, 2.75) is 49.5 Å². The van der Waals surface area contributed by atoms with Gasteiger partial charge in [-0.25, -0.2) is 0 Å². The van der Waals surface area contributed by atoms with Crippen LogP contribution in [0.15, 0.2) is 122 Å². The minimum atomic E-state index is -1.63. The molecule has 4 amide bonds. The highest BCUT2D eigenvalue weighted by Gasteiger charge is 2.48. The maximum Gasteiger partial charge on any atom is 0.257 e. The van der Waals surface area contributed by atoms with Gasteiger partial charge >= 0.3 is 0 Å². The molecule has 6 N–H and O–H groups in total. The lowest BCUT2D eigenvalue weighted by Crippen LogP contribution is -2.60. The molecule has 0 aliphatic carbocycles. The molecule has 6 rings (SSSR count). The number of nitrogens with one attached hydrogen (secondary N) is 6. The smallest absolute Gasteiger partial charge is 0.257 e. The number of H-pyrrole nitrogens is 2. The van der Waals surface area contributed by atoms with Gasteiger partial charge in [0.1, 0.15) is 0 Å². The summed E-state index contributed by atoms with van der Waals surface area (Å²) >= 11 is 0. The molecule has 2 aromatic heterocycles. The van der Waals surface area contributed by atoms with E-state index in [-0.39, 0.29) is 25.9 Å². The maximum atomic E-state index is 14.6. The molecule has 6 aromatic rings. The van der Waals surface area contributed by atoms with Gasteiger partial charge in [0.25, 0.3) is 11.8 Å². The van der Waals surface area contributed by atoms with E-state index in [0.29, 0.717) is 0 Å². The summed E-state index contributed by atoms with van der Waals surface area (Å²) in [6.45, 7) is 3.15. The van der Waals surface area contributed by atoms with Crippen LogP contribution in [0.5, 0.6) is 0 Å². The van der Waals surface area contributed by atoms with Crippen molar-refractivity contribution in [3.05, 3.63) is 144 Å². The Labute approximate surface area is 309 Å². The molecule has 0 radical (unpaired) electrons. The Morgan fingerprint density at radius 2 is 0.904 bits per heavy atom. The molecular formula is C40H40N6O4S2. The fourth-order valence-corrected chi connectivity index (χ4v) is 9.47. The molecule has 52 heavy (non-hydrogen) atoms. The van der Waals surface area contributed by atoms with Crippen molar-refractivity contribution in [1.29, 1.82) is 0 Å². The average molecular weight is 733 g/mol. The summed E-state index contributed by atoms with van der Waals surface area (Å²) in [5, 5.41) is 13.8. The highest BCUT2D eigenvalue weighted by atomic mass is 33.1. The topological polar surface area (TPSA) is 148 Å². The number of para-hydroxylation sites is 2. The van der Waals surface area contributed by atoms with Crippen LogP contribution >= 0.6 is 21.6 Å². The third-order valence-corrected chi connectivity index (χ3v) is 12.1. The molecule has 12 heteroatoms. The summed E-state index contributed by atoms with van der Waals surface area (Å²) in [6.07, 6.45) is 3.81. The van der Waals surface area contributed by atoms with Crippen LogP contribution in [0.25, 0.3) is 21.8 Å². The number of aromatic nitrogens is 2. The number of hydrogen-bond donors (Lipinski definition) is 6. The van der Waals surface area contributed by atoms with E-state index in [4.69, 9.17) is 0 Å². The number of benzene rings is 4. The number of rotatable bonds is 15. The van der Waals surface area contributed by atoms with Crippen LogP contribution in [0.2, 0.25) is 0 Å². The van der Waals surface area contributed by atoms with Crippen molar-refractivity contribution in [2.24, 2.45) is 0 Å². The molecule has 4 aromatic carbocycles. The van der Waals surface area contributed by atoms with Gasteiger partial charge in [-0.15, -0.1) is 0 Å². The Bertz CT molecular complexity index is 2030. The first-order chi connectivity index (χ1) is 25.2. The second kappa shape index (κ2) is 16.3. The molecule has 0 aliphatic rings. The van der Waals surface area contributed by atoms with Gasteiger partial charge in [-0.2, -0.15) is 0 Å². The molecule has 0 saturated carbocycles. The van der Waals surface area contributed by atoms with Crippen LogP contribution in [0, 0.1) is 0 Å². The highest BCUT2D eigenvalue weighted by Crippen LogP contribution is 2.46. The number of carbonyl (C=O) groups excluding carboxylic acids is 4. The summed E-state index contributed by atoms with van der Waals surface area (Å²) in [6, 6.07) is 34.4. The lowest BCUT2D eigenvalue weighted by molar-refractivity contribution is -0.129. The van der Waals surface area contributed by atoms with Gasteiger partial charge in [0.2, 0.25) is 11.8 Å². The molecule has 0 aliphatic heterocycles. The van der Waals surface area contributed by atoms with E-state index in [1.54, 1.807) is 0 Å². The van der Waals surface area contributed by atoms with Crippen molar-refractivity contribution in [3.63, 3.8) is 0 Å². The van der Waals surface area contributed by atoms with E-state index in [9.17, 15) is 19.2 Å². The average Bonchev–Trinajstić information content (AvgIpc) is 3.75. The van der Waals surface area contributed by atoms with E-state index in [2.05, 4.69) is 31.2 Å². The summed E-state index contributed by atoms with van der Waals surface area (Å²) in [5.74, 6) is -1.78. The number of amides is 4. The minimum absolute atomic E-state index is 0.0732. The molecule has 2 unspecified atom stereocenters. The zero-order valence-corrected chi connectivity index (χ0v) is 30.5. The Morgan fingerprint density at radius 3 is 1.29 bits per heavy atom. The van der Waals surface area contributed by atoms with Crippen LogP contribution < -0.4 is 21.3 Å². The maximum absolute atomic E-state index is 14.6. The van der Waals surface area contributed by atoms with Gasteiger partial charge in [-0.1, -0.05) is 119 Å². The lowest BCUT2D eigenvalue weighted by Gasteiger charge is -2.37. The first-order valence-corrected chi connectivity index (χ1v) is 19.0. The van der Waals surface area contributed by atoms with E-state index >= 15 is 0 Å². The minimum Gasteiger partial charge on any atom is -0.361 e. The zero-order valence-electron chi connectivity index (χ0n) is 28.8. The second-order valence-corrected chi connectivity index (χ2v) is 15.3. The second-order valence-electron chi connectivity index (χ2n) is 12.6. The Balaban J connectivity index is 1.42. The van der Waals surface area contributed by atoms with Crippen LogP contribution in [0.4, 0.5) is 0 Å². The standard InChI is InChI=1S/C40H40N6O4S2/c1-27(47)45-39(37(49)43-23-29-13-5-3-6-14-29,21-31-25-41-35-19-11-9-17-33(31)35)51-52-40(46-28(2)48,38(50)44-24-30-15-7-4-8-16-30)22-32-26-42-36-20-12-10-18-34(32)36/h3-20,25-26,41-42H,21-24H2,1-2H3,(H,43,49)(H,44,50)(H,45,47)(H,46,48). The number of aromatic amines is 2. The van der Waals surface area contributed by atoms with Gasteiger partial charge in [0, 0.05) is 74.0 Å². The lowest BCUT2D eigenvalue weighted by atomic mass is 10.0. The first kappa shape index (κ1) is 36.3. The van der Waals surface area contributed by atoms with Crippen LogP contribution in [0.1, 0.15) is 36.1 Å². The van der Waals surface area contributed by atoms with Gasteiger partial charge in [0.05, 0.1) is 0 Å². The van der Waals surface area contributed by atoms with E-state index < -0.39 is 33.4 Å². The third kappa shape index (κ3) is 8.52. The van der Waals surface area contributed by atoms with Gasteiger partial charge in [-0.3, -0.25) is 19.2 Å². The Morgan fingerprint density at radius 1 is 0.538 bits per heavy atom. The predicted octanol–water partition coefficient (Wildman–Crippen LogP) is 6.11. The fraction of sp³-hybridized carbons (Fsp3) is 0.200. The summed E-state index contributed by atoms with van der Waals surface area (Å²) in [4.78, 5) is 58.6. The van der Waals surface area contributed by atoms with Crippen molar-refractivity contribution in [2.75, 3.05) is 0 Å². The molecule has 0 fully saturated rings. The molecule has 2 heterocycles. The Hall–Kier alpha value is -5.46. The van der Waals surface area contributed by atoms with Crippen LogP contribution in [-0.4, -0.2) is 43.3 Å². The summed E-state index contributed by atoms with van der Waals surface area (Å²) in [7, 11) is 2.09. The molecule has 0 saturated heterocycles. The van der Waals surface area contributed by atoms with Crippen molar-refractivity contribution in [1.82, 2.24) is 31.2 Å². The van der Waals surface area contributed by atoms with Crippen molar-refractivity contribution >= 4 is 67.0 Å². The summed E-state index contributed by atoms with van der Waals surface area (Å²) < 4.78 is 0. The highest BCUT2D eigenvalue weighted by molar-refractivity contribution is 8.78. The zero-order chi connectivity index (χ0) is 36.6. The Kier molecular flexibility index (Phi) is 11.4. The van der Waals surface area contributed by atoms with E-state index in [1.807, 2.05) is 122 Å².